The number of benzene rings is 2. The lowest BCUT2D eigenvalue weighted by Gasteiger charge is -2.22. The van der Waals surface area contributed by atoms with E-state index in [4.69, 9.17) is 4.74 Å². The van der Waals surface area contributed by atoms with Crippen molar-refractivity contribution in [3.05, 3.63) is 82.0 Å². The second-order valence-electron chi connectivity index (χ2n) is 6.47. The highest BCUT2D eigenvalue weighted by Gasteiger charge is 2.18. The lowest BCUT2D eigenvalue weighted by molar-refractivity contribution is -0.120. The molecule has 4 rings (SSSR count). The average molecular weight is 363 g/mol. The van der Waals surface area contributed by atoms with Gasteiger partial charge in [-0.2, -0.15) is 0 Å². The van der Waals surface area contributed by atoms with E-state index in [0.29, 0.717) is 6.54 Å². The van der Waals surface area contributed by atoms with Crippen LogP contribution < -0.4 is 9.64 Å². The highest BCUT2D eigenvalue weighted by Crippen LogP contribution is 2.26. The molecule has 0 bridgehead atoms. The van der Waals surface area contributed by atoms with Gasteiger partial charge in [0, 0.05) is 10.6 Å². The van der Waals surface area contributed by atoms with E-state index in [0.717, 1.165) is 29.2 Å². The Bertz CT molecular complexity index is 874. The SMILES string of the molecule is O=C(COc1ccc2c(c1)CCC2)N(Cc1cccs1)c1ccccc1. The zero-order valence-electron chi connectivity index (χ0n) is 14.6. The van der Waals surface area contributed by atoms with Crippen LogP contribution in [0.3, 0.4) is 0 Å². The molecule has 1 aliphatic rings. The predicted octanol–water partition coefficient (Wildman–Crippen LogP) is 4.85. The second kappa shape index (κ2) is 7.75. The molecule has 1 heterocycles. The highest BCUT2D eigenvalue weighted by atomic mass is 32.1. The molecule has 0 saturated carbocycles. The summed E-state index contributed by atoms with van der Waals surface area (Å²) in [6.07, 6.45) is 3.46. The number of para-hydroxylation sites is 1. The third kappa shape index (κ3) is 3.81. The fourth-order valence-corrected chi connectivity index (χ4v) is 4.04. The number of ether oxygens (including phenoxy) is 1. The van der Waals surface area contributed by atoms with Crippen LogP contribution >= 0.6 is 11.3 Å². The van der Waals surface area contributed by atoms with E-state index >= 15 is 0 Å². The number of thiophene rings is 1. The lowest BCUT2D eigenvalue weighted by Crippen LogP contribution is -2.34. The first kappa shape index (κ1) is 16.9. The number of hydrogen-bond donors (Lipinski definition) is 0. The fraction of sp³-hybridized carbons (Fsp3) is 0.227. The normalized spacial score (nSPS) is 12.6. The van der Waals surface area contributed by atoms with E-state index in [2.05, 4.69) is 18.2 Å². The molecule has 0 radical (unpaired) electrons. The average Bonchev–Trinajstić information content (AvgIpc) is 3.36. The van der Waals surface area contributed by atoms with E-state index in [1.165, 1.54) is 17.5 Å². The smallest absolute Gasteiger partial charge is 0.265 e. The van der Waals surface area contributed by atoms with Gasteiger partial charge in [0.2, 0.25) is 0 Å². The van der Waals surface area contributed by atoms with Gasteiger partial charge in [-0.25, -0.2) is 0 Å². The third-order valence-corrected chi connectivity index (χ3v) is 5.56. The molecule has 3 nitrogen and oxygen atoms in total. The molecular formula is C22H21NO2S. The van der Waals surface area contributed by atoms with Crippen LogP contribution in [-0.2, 0) is 24.2 Å². The monoisotopic (exact) mass is 363 g/mol. The standard InChI is InChI=1S/C22H21NO2S/c24-22(16-25-20-12-11-17-6-4-7-18(17)14-20)23(15-21-10-5-13-26-21)19-8-2-1-3-9-19/h1-3,5,8-14H,4,6-7,15-16H2. The number of anilines is 1. The zero-order valence-corrected chi connectivity index (χ0v) is 15.4. The number of hydrogen-bond acceptors (Lipinski definition) is 3. The van der Waals surface area contributed by atoms with Crippen LogP contribution in [0, 0.1) is 0 Å². The van der Waals surface area contributed by atoms with Crippen LogP contribution in [-0.4, -0.2) is 12.5 Å². The highest BCUT2D eigenvalue weighted by molar-refractivity contribution is 7.09. The minimum absolute atomic E-state index is 0.0369. The Labute approximate surface area is 157 Å². The molecule has 4 heteroatoms. The van der Waals surface area contributed by atoms with Gasteiger partial charge in [0.15, 0.2) is 6.61 Å². The Morgan fingerprint density at radius 3 is 2.65 bits per heavy atom. The van der Waals surface area contributed by atoms with Crippen LogP contribution in [0.15, 0.2) is 66.0 Å². The first-order valence-electron chi connectivity index (χ1n) is 8.92. The van der Waals surface area contributed by atoms with Gasteiger partial charge < -0.3 is 9.64 Å². The minimum Gasteiger partial charge on any atom is -0.484 e. The van der Waals surface area contributed by atoms with Crippen LogP contribution in [0.1, 0.15) is 22.4 Å². The lowest BCUT2D eigenvalue weighted by atomic mass is 10.1. The van der Waals surface area contributed by atoms with E-state index < -0.39 is 0 Å². The number of amides is 1. The predicted molar refractivity (Wildman–Crippen MR) is 106 cm³/mol. The number of carbonyl (C=O) groups is 1. The Morgan fingerprint density at radius 1 is 1.00 bits per heavy atom. The van der Waals surface area contributed by atoms with E-state index in [1.54, 1.807) is 16.2 Å². The summed E-state index contributed by atoms with van der Waals surface area (Å²) in [4.78, 5) is 15.8. The van der Waals surface area contributed by atoms with E-state index in [-0.39, 0.29) is 12.5 Å². The molecule has 0 spiro atoms. The van der Waals surface area contributed by atoms with Crippen molar-refractivity contribution in [2.75, 3.05) is 11.5 Å². The molecule has 132 valence electrons. The molecule has 1 aliphatic carbocycles. The second-order valence-corrected chi connectivity index (χ2v) is 7.50. The maximum Gasteiger partial charge on any atom is 0.265 e. The summed E-state index contributed by atoms with van der Waals surface area (Å²) in [5, 5.41) is 2.03. The number of rotatable bonds is 6. The molecule has 0 N–H and O–H groups in total. The Balaban J connectivity index is 1.47. The molecule has 0 aliphatic heterocycles. The van der Waals surface area contributed by atoms with Gasteiger partial charge in [0.1, 0.15) is 5.75 Å². The summed E-state index contributed by atoms with van der Waals surface area (Å²) in [6, 6.07) is 20.0. The maximum atomic E-state index is 12.9. The van der Waals surface area contributed by atoms with Crippen molar-refractivity contribution in [1.82, 2.24) is 0 Å². The summed E-state index contributed by atoms with van der Waals surface area (Å²) in [6.45, 7) is 0.604. The molecule has 0 fully saturated rings. The molecule has 0 saturated heterocycles. The molecular weight excluding hydrogens is 342 g/mol. The summed E-state index contributed by atoms with van der Waals surface area (Å²) >= 11 is 1.66. The maximum absolute atomic E-state index is 12.9. The molecule has 26 heavy (non-hydrogen) atoms. The minimum atomic E-state index is -0.0369. The van der Waals surface area contributed by atoms with Crippen LogP contribution in [0.2, 0.25) is 0 Å². The molecule has 1 aromatic heterocycles. The van der Waals surface area contributed by atoms with E-state index in [9.17, 15) is 4.79 Å². The van der Waals surface area contributed by atoms with Crippen LogP contribution in [0.25, 0.3) is 0 Å². The summed E-state index contributed by atoms with van der Waals surface area (Å²) < 4.78 is 5.83. The van der Waals surface area contributed by atoms with Crippen molar-refractivity contribution in [2.45, 2.75) is 25.8 Å². The van der Waals surface area contributed by atoms with Gasteiger partial charge in [-0.1, -0.05) is 30.3 Å². The first-order chi connectivity index (χ1) is 12.8. The van der Waals surface area contributed by atoms with Gasteiger partial charge >= 0.3 is 0 Å². The molecule has 1 amide bonds. The number of carbonyl (C=O) groups excluding carboxylic acids is 1. The quantitative estimate of drug-likeness (QED) is 0.627. The molecule has 2 aromatic carbocycles. The van der Waals surface area contributed by atoms with Gasteiger partial charge in [-0.3, -0.25) is 4.79 Å². The zero-order chi connectivity index (χ0) is 17.8. The van der Waals surface area contributed by atoms with Crippen molar-refractivity contribution >= 4 is 22.9 Å². The Morgan fingerprint density at radius 2 is 1.85 bits per heavy atom. The Hall–Kier alpha value is -2.59. The first-order valence-corrected chi connectivity index (χ1v) is 9.80. The third-order valence-electron chi connectivity index (χ3n) is 4.70. The Kier molecular flexibility index (Phi) is 5.02. The van der Waals surface area contributed by atoms with Gasteiger partial charge in [0.05, 0.1) is 6.54 Å². The summed E-state index contributed by atoms with van der Waals surface area (Å²) in [7, 11) is 0. The largest absolute Gasteiger partial charge is 0.484 e. The molecule has 3 aromatic rings. The van der Waals surface area contributed by atoms with Crippen molar-refractivity contribution in [3.8, 4) is 5.75 Å². The molecule has 0 atom stereocenters. The molecule has 0 unspecified atom stereocenters. The van der Waals surface area contributed by atoms with E-state index in [1.807, 2.05) is 47.8 Å². The van der Waals surface area contributed by atoms with Crippen LogP contribution in [0.5, 0.6) is 5.75 Å². The van der Waals surface area contributed by atoms with Crippen molar-refractivity contribution < 1.29 is 9.53 Å². The van der Waals surface area contributed by atoms with Gasteiger partial charge in [-0.15, -0.1) is 11.3 Å². The van der Waals surface area contributed by atoms with Crippen molar-refractivity contribution in [1.29, 1.82) is 0 Å². The van der Waals surface area contributed by atoms with Crippen molar-refractivity contribution in [2.24, 2.45) is 0 Å². The van der Waals surface area contributed by atoms with Crippen LogP contribution in [0.4, 0.5) is 5.69 Å². The number of fused-ring (bicyclic) bond motifs is 1. The van der Waals surface area contributed by atoms with Gasteiger partial charge in [0.25, 0.3) is 5.91 Å². The summed E-state index contributed by atoms with van der Waals surface area (Å²) in [5.41, 5.74) is 3.66. The number of aryl methyl sites for hydroxylation is 2. The van der Waals surface area contributed by atoms with Crippen molar-refractivity contribution in [3.63, 3.8) is 0 Å². The number of nitrogens with zero attached hydrogens (tertiary/aromatic N) is 1. The fourth-order valence-electron chi connectivity index (χ4n) is 3.35. The van der Waals surface area contributed by atoms with Gasteiger partial charge in [-0.05, 0) is 66.1 Å². The topological polar surface area (TPSA) is 29.5 Å². The summed E-state index contributed by atoms with van der Waals surface area (Å²) in [5.74, 6) is 0.744.